The topological polar surface area (TPSA) is 55.2 Å². The van der Waals surface area contributed by atoms with E-state index in [0.717, 1.165) is 48.5 Å². The van der Waals surface area contributed by atoms with E-state index in [1.165, 1.54) is 6.33 Å². The number of methoxy groups -OCH3 is 1. The number of nitrogens with zero attached hydrogens (tertiary/aromatic N) is 4. The molecule has 0 saturated carbocycles. The Balaban J connectivity index is 1.48. The van der Waals surface area contributed by atoms with Crippen molar-refractivity contribution in [2.75, 3.05) is 25.5 Å². The minimum absolute atomic E-state index is 0.0208. The summed E-state index contributed by atoms with van der Waals surface area (Å²) in [5, 5.41) is 6.97. The lowest BCUT2D eigenvalue weighted by molar-refractivity contribution is -0.174. The fourth-order valence-electron chi connectivity index (χ4n) is 4.37. The molecule has 0 bridgehead atoms. The summed E-state index contributed by atoms with van der Waals surface area (Å²) in [6, 6.07) is 5.97. The second-order valence-electron chi connectivity index (χ2n) is 7.52. The number of ether oxygens (including phenoxy) is 1. The van der Waals surface area contributed by atoms with Gasteiger partial charge in [0, 0.05) is 24.7 Å². The second kappa shape index (κ2) is 7.62. The van der Waals surface area contributed by atoms with Crippen LogP contribution in [-0.4, -0.2) is 52.1 Å². The van der Waals surface area contributed by atoms with Gasteiger partial charge in [-0.25, -0.2) is 4.68 Å². The molecule has 3 atom stereocenters. The van der Waals surface area contributed by atoms with Gasteiger partial charge in [-0.3, -0.25) is 4.90 Å². The van der Waals surface area contributed by atoms with Crippen LogP contribution in [0.15, 0.2) is 30.6 Å². The van der Waals surface area contributed by atoms with Gasteiger partial charge >= 0.3 is 6.18 Å². The minimum atomic E-state index is -4.34. The van der Waals surface area contributed by atoms with Crippen molar-refractivity contribution in [3.05, 3.63) is 36.2 Å². The van der Waals surface area contributed by atoms with E-state index in [0.29, 0.717) is 0 Å². The quantitative estimate of drug-likeness (QED) is 0.859. The molecule has 28 heavy (non-hydrogen) atoms. The molecular weight excluding hydrogens is 371 g/mol. The van der Waals surface area contributed by atoms with Crippen molar-refractivity contribution in [2.24, 2.45) is 5.92 Å². The van der Waals surface area contributed by atoms with Crippen molar-refractivity contribution in [2.45, 2.75) is 44.1 Å². The molecule has 3 heterocycles. The Labute approximate surface area is 161 Å². The third-order valence-corrected chi connectivity index (χ3v) is 5.74. The Morgan fingerprint density at radius 1 is 1.29 bits per heavy atom. The number of hydrogen-bond acceptors (Lipinski definition) is 5. The van der Waals surface area contributed by atoms with Crippen LogP contribution in [-0.2, 0) is 6.54 Å². The van der Waals surface area contributed by atoms with Gasteiger partial charge < -0.3 is 10.1 Å². The van der Waals surface area contributed by atoms with E-state index in [2.05, 4.69) is 20.3 Å². The largest absolute Gasteiger partial charge is 0.496 e. The monoisotopic (exact) mass is 395 g/mol. The summed E-state index contributed by atoms with van der Waals surface area (Å²) in [6.07, 6.45) is -1.32. The van der Waals surface area contributed by atoms with E-state index in [-0.39, 0.29) is 24.3 Å². The summed E-state index contributed by atoms with van der Waals surface area (Å²) < 4.78 is 47.0. The van der Waals surface area contributed by atoms with Gasteiger partial charge in [0.05, 0.1) is 7.11 Å². The maximum absolute atomic E-state index is 13.5. The van der Waals surface area contributed by atoms with Crippen LogP contribution in [0.5, 0.6) is 5.75 Å². The molecule has 1 aromatic heterocycles. The van der Waals surface area contributed by atoms with Crippen molar-refractivity contribution in [3.8, 4) is 5.75 Å². The van der Waals surface area contributed by atoms with Crippen molar-refractivity contribution in [3.63, 3.8) is 0 Å². The third-order valence-electron chi connectivity index (χ3n) is 5.74. The highest BCUT2D eigenvalue weighted by Crippen LogP contribution is 2.41. The van der Waals surface area contributed by atoms with Crippen LogP contribution in [0, 0.1) is 5.92 Å². The molecule has 4 rings (SSSR count). The number of hydrogen-bond donors (Lipinski definition) is 1. The lowest BCUT2D eigenvalue weighted by Gasteiger charge is -2.41. The number of benzene rings is 1. The number of para-hydroxylation sites is 1. The van der Waals surface area contributed by atoms with E-state index in [9.17, 15) is 13.2 Å². The number of aromatic nitrogens is 3. The summed E-state index contributed by atoms with van der Waals surface area (Å²) in [6.45, 7) is 2.40. The number of halogens is 3. The summed E-state index contributed by atoms with van der Waals surface area (Å²) in [7, 11) is 1.65. The molecule has 0 unspecified atom stereocenters. The fraction of sp³-hybridized carbons (Fsp3) is 0.579. The number of piperidine rings is 1. The van der Waals surface area contributed by atoms with E-state index in [1.807, 2.05) is 24.3 Å². The molecule has 1 N–H and O–H groups in total. The second-order valence-corrected chi connectivity index (χ2v) is 7.52. The van der Waals surface area contributed by atoms with Gasteiger partial charge in [-0.15, -0.1) is 0 Å². The number of anilines is 1. The molecular formula is C19H24F3N5O. The Hall–Kier alpha value is -2.29. The van der Waals surface area contributed by atoms with E-state index >= 15 is 0 Å². The molecule has 1 saturated heterocycles. The fourth-order valence-corrected chi connectivity index (χ4v) is 4.37. The van der Waals surface area contributed by atoms with Gasteiger partial charge in [-0.05, 0) is 37.8 Å². The molecule has 6 nitrogen and oxygen atoms in total. The molecule has 2 aliphatic heterocycles. The van der Waals surface area contributed by atoms with E-state index < -0.39 is 12.2 Å². The Morgan fingerprint density at radius 2 is 2.11 bits per heavy atom. The molecule has 0 aliphatic carbocycles. The predicted octanol–water partition coefficient (Wildman–Crippen LogP) is 3.49. The van der Waals surface area contributed by atoms with Crippen LogP contribution in [0.1, 0.15) is 30.9 Å². The summed E-state index contributed by atoms with van der Waals surface area (Å²) in [5.41, 5.74) is 1.09. The molecule has 0 spiro atoms. The molecule has 152 valence electrons. The Kier molecular flexibility index (Phi) is 5.18. The highest BCUT2D eigenvalue weighted by Gasteiger charge is 2.48. The lowest BCUT2D eigenvalue weighted by atomic mass is 9.86. The number of likely N-dealkylation sites (tertiary alicyclic amines) is 1. The Morgan fingerprint density at radius 3 is 2.89 bits per heavy atom. The van der Waals surface area contributed by atoms with Crippen LogP contribution in [0.4, 0.5) is 19.1 Å². The zero-order valence-corrected chi connectivity index (χ0v) is 15.7. The summed E-state index contributed by atoms with van der Waals surface area (Å²) in [4.78, 5) is 6.29. The minimum Gasteiger partial charge on any atom is -0.496 e. The van der Waals surface area contributed by atoms with Gasteiger partial charge in [-0.2, -0.15) is 23.3 Å². The maximum Gasteiger partial charge on any atom is 0.411 e. The molecule has 0 amide bonds. The van der Waals surface area contributed by atoms with Gasteiger partial charge in [0.25, 0.3) is 0 Å². The first-order valence-corrected chi connectivity index (χ1v) is 9.52. The lowest BCUT2D eigenvalue weighted by Crippen LogP contribution is -2.47. The summed E-state index contributed by atoms with van der Waals surface area (Å²) in [5.74, 6) is 1.17. The number of nitrogens with one attached hydrogen (secondary N) is 1. The highest BCUT2D eigenvalue weighted by atomic mass is 19.4. The first-order chi connectivity index (χ1) is 13.5. The average molecular weight is 395 g/mol. The van der Waals surface area contributed by atoms with E-state index in [1.54, 1.807) is 7.11 Å². The number of fused-ring (bicyclic) bond motifs is 1. The van der Waals surface area contributed by atoms with Crippen LogP contribution >= 0.6 is 0 Å². The number of alkyl halides is 3. The molecule has 1 aromatic carbocycles. The van der Waals surface area contributed by atoms with Gasteiger partial charge in [0.2, 0.25) is 5.95 Å². The normalized spacial score (nSPS) is 25.8. The average Bonchev–Trinajstić information content (AvgIpc) is 3.15. The van der Waals surface area contributed by atoms with Crippen LogP contribution < -0.4 is 10.1 Å². The molecule has 2 aromatic rings. The first kappa shape index (κ1) is 19.0. The third kappa shape index (κ3) is 3.80. The van der Waals surface area contributed by atoms with Crippen molar-refractivity contribution >= 4 is 5.95 Å². The SMILES string of the molecule is COc1ccccc1CN1CCC[C@H]([C@@H]2C[C@H](C(F)(F)F)n3ncnc3N2)C1. The van der Waals surface area contributed by atoms with Crippen molar-refractivity contribution in [1.29, 1.82) is 0 Å². The predicted molar refractivity (Wildman–Crippen MR) is 98.1 cm³/mol. The van der Waals surface area contributed by atoms with Crippen LogP contribution in [0.2, 0.25) is 0 Å². The maximum atomic E-state index is 13.5. The van der Waals surface area contributed by atoms with Gasteiger partial charge in [-0.1, -0.05) is 18.2 Å². The van der Waals surface area contributed by atoms with Crippen molar-refractivity contribution < 1.29 is 17.9 Å². The van der Waals surface area contributed by atoms with Crippen LogP contribution in [0.25, 0.3) is 0 Å². The smallest absolute Gasteiger partial charge is 0.411 e. The van der Waals surface area contributed by atoms with Gasteiger partial charge in [0.1, 0.15) is 12.1 Å². The van der Waals surface area contributed by atoms with Crippen LogP contribution in [0.3, 0.4) is 0 Å². The zero-order chi connectivity index (χ0) is 19.7. The highest BCUT2D eigenvalue weighted by molar-refractivity contribution is 5.33. The van der Waals surface area contributed by atoms with Crippen molar-refractivity contribution in [1.82, 2.24) is 19.7 Å². The van der Waals surface area contributed by atoms with Gasteiger partial charge in [0.15, 0.2) is 6.04 Å². The molecule has 2 aliphatic rings. The standard InChI is InChI=1S/C19H24F3N5O/c1-28-16-7-3-2-5-14(16)11-26-8-4-6-13(10-26)15-9-17(19(20,21)22)27-18(25-15)23-12-24-27/h2-3,5,7,12-13,15,17H,4,6,8-11H2,1H3,(H,23,24,25)/t13-,15-,17+/m0/s1. The first-order valence-electron chi connectivity index (χ1n) is 9.52. The molecule has 9 heteroatoms. The zero-order valence-electron chi connectivity index (χ0n) is 15.7. The summed E-state index contributed by atoms with van der Waals surface area (Å²) >= 11 is 0. The molecule has 0 radical (unpaired) electrons. The molecule has 1 fully saturated rings. The number of rotatable bonds is 4. The van der Waals surface area contributed by atoms with E-state index in [4.69, 9.17) is 4.74 Å². The Bertz CT molecular complexity index is 809.